The Morgan fingerprint density at radius 2 is 2.22 bits per heavy atom. The van der Waals surface area contributed by atoms with Gasteiger partial charge in [0.2, 0.25) is 6.79 Å². The molecule has 5 heteroatoms. The van der Waals surface area contributed by atoms with Crippen LogP contribution in [0.2, 0.25) is 5.02 Å². The number of benzene rings is 1. The van der Waals surface area contributed by atoms with Crippen molar-refractivity contribution >= 4 is 17.4 Å². The highest BCUT2D eigenvalue weighted by molar-refractivity contribution is 6.34. The van der Waals surface area contributed by atoms with Crippen molar-refractivity contribution in [2.24, 2.45) is 5.73 Å². The Kier molecular flexibility index (Phi) is 3.78. The van der Waals surface area contributed by atoms with Crippen LogP contribution in [0, 0.1) is 0 Å². The molecule has 0 bridgehead atoms. The molecule has 1 aliphatic rings. The molecule has 0 radical (unpaired) electrons. The lowest BCUT2D eigenvalue weighted by molar-refractivity contribution is 0.0983. The van der Waals surface area contributed by atoms with E-state index < -0.39 is 0 Å². The van der Waals surface area contributed by atoms with Gasteiger partial charge >= 0.3 is 0 Å². The summed E-state index contributed by atoms with van der Waals surface area (Å²) in [6.45, 7) is 4.46. The SMILES string of the molecule is CC(C)c1c2c(cc(Cl)c1C(=O)CCN)OCO2. The van der Waals surface area contributed by atoms with Gasteiger partial charge in [-0.1, -0.05) is 25.4 Å². The van der Waals surface area contributed by atoms with Crippen molar-refractivity contribution in [3.05, 3.63) is 22.2 Å². The number of carbonyl (C=O) groups excluding carboxylic acids is 1. The van der Waals surface area contributed by atoms with E-state index >= 15 is 0 Å². The smallest absolute Gasteiger partial charge is 0.231 e. The molecule has 0 unspecified atom stereocenters. The molecule has 2 N–H and O–H groups in total. The van der Waals surface area contributed by atoms with E-state index in [2.05, 4.69) is 0 Å². The van der Waals surface area contributed by atoms with Crippen LogP contribution in [0.5, 0.6) is 11.5 Å². The minimum absolute atomic E-state index is 0.0514. The molecule has 0 amide bonds. The molecule has 1 heterocycles. The number of hydrogen-bond donors (Lipinski definition) is 1. The van der Waals surface area contributed by atoms with E-state index in [1.165, 1.54) is 0 Å². The van der Waals surface area contributed by atoms with Gasteiger partial charge < -0.3 is 15.2 Å². The van der Waals surface area contributed by atoms with Crippen LogP contribution < -0.4 is 15.2 Å². The molecule has 0 fully saturated rings. The Balaban J connectivity index is 2.60. The van der Waals surface area contributed by atoms with Crippen molar-refractivity contribution in [2.75, 3.05) is 13.3 Å². The molecule has 0 aliphatic carbocycles. The molecule has 98 valence electrons. The van der Waals surface area contributed by atoms with Gasteiger partial charge in [-0.2, -0.15) is 0 Å². The van der Waals surface area contributed by atoms with E-state index in [9.17, 15) is 4.79 Å². The first-order valence-corrected chi connectivity index (χ1v) is 6.29. The Morgan fingerprint density at radius 3 is 2.83 bits per heavy atom. The zero-order valence-corrected chi connectivity index (χ0v) is 11.2. The summed E-state index contributed by atoms with van der Waals surface area (Å²) >= 11 is 6.19. The van der Waals surface area contributed by atoms with E-state index in [0.717, 1.165) is 5.56 Å². The number of ketones is 1. The molecule has 2 rings (SSSR count). The summed E-state index contributed by atoms with van der Waals surface area (Å²) in [6.07, 6.45) is 0.277. The van der Waals surface area contributed by atoms with Gasteiger partial charge in [-0.05, 0) is 12.5 Å². The predicted octanol–water partition coefficient (Wildman–Crippen LogP) is 2.72. The van der Waals surface area contributed by atoms with Crippen LogP contribution in [0.4, 0.5) is 0 Å². The fourth-order valence-electron chi connectivity index (χ4n) is 2.13. The number of rotatable bonds is 4. The van der Waals surface area contributed by atoms with Crippen LogP contribution in [-0.2, 0) is 0 Å². The van der Waals surface area contributed by atoms with Crippen molar-refractivity contribution in [2.45, 2.75) is 26.2 Å². The van der Waals surface area contributed by atoms with E-state index in [1.54, 1.807) is 6.07 Å². The van der Waals surface area contributed by atoms with Gasteiger partial charge in [-0.15, -0.1) is 0 Å². The third kappa shape index (κ3) is 2.18. The van der Waals surface area contributed by atoms with Gasteiger partial charge in [0.1, 0.15) is 0 Å². The van der Waals surface area contributed by atoms with Gasteiger partial charge in [0.25, 0.3) is 0 Å². The maximum atomic E-state index is 12.1. The zero-order chi connectivity index (χ0) is 13.3. The number of ether oxygens (including phenoxy) is 2. The second kappa shape index (κ2) is 5.16. The molecule has 0 saturated carbocycles. The van der Waals surface area contributed by atoms with Crippen LogP contribution in [-0.4, -0.2) is 19.1 Å². The molecule has 4 nitrogen and oxygen atoms in total. The van der Waals surface area contributed by atoms with Crippen molar-refractivity contribution in [3.63, 3.8) is 0 Å². The van der Waals surface area contributed by atoms with Gasteiger partial charge in [0, 0.05) is 23.6 Å². The number of carbonyl (C=O) groups is 1. The number of halogens is 1. The summed E-state index contributed by atoms with van der Waals surface area (Å²) in [5, 5.41) is 0.404. The summed E-state index contributed by atoms with van der Waals surface area (Å²) in [5.74, 6) is 1.31. The van der Waals surface area contributed by atoms with Gasteiger partial charge in [-0.3, -0.25) is 4.79 Å². The Hall–Kier alpha value is -1.26. The fraction of sp³-hybridized carbons (Fsp3) is 0.462. The molecule has 1 aromatic carbocycles. The van der Waals surface area contributed by atoms with Crippen molar-refractivity contribution in [1.29, 1.82) is 0 Å². The second-order valence-corrected chi connectivity index (χ2v) is 4.90. The molecular formula is C13H16ClNO3. The molecule has 0 aromatic heterocycles. The van der Waals surface area contributed by atoms with Crippen molar-refractivity contribution in [3.8, 4) is 11.5 Å². The van der Waals surface area contributed by atoms with Crippen LogP contribution in [0.3, 0.4) is 0 Å². The molecular weight excluding hydrogens is 254 g/mol. The summed E-state index contributed by atoms with van der Waals surface area (Å²) in [5.41, 5.74) is 6.76. The highest BCUT2D eigenvalue weighted by atomic mass is 35.5. The summed E-state index contributed by atoms with van der Waals surface area (Å²) in [7, 11) is 0. The van der Waals surface area contributed by atoms with E-state index in [-0.39, 0.29) is 24.9 Å². The van der Waals surface area contributed by atoms with Crippen LogP contribution in [0.1, 0.15) is 42.1 Å². The maximum absolute atomic E-state index is 12.1. The topological polar surface area (TPSA) is 61.6 Å². The summed E-state index contributed by atoms with van der Waals surface area (Å²) < 4.78 is 10.8. The average molecular weight is 270 g/mol. The summed E-state index contributed by atoms with van der Waals surface area (Å²) in [6, 6.07) is 1.64. The Bertz CT molecular complexity index is 486. The quantitative estimate of drug-likeness (QED) is 0.854. The molecule has 1 aromatic rings. The molecule has 0 spiro atoms. The fourth-order valence-corrected chi connectivity index (χ4v) is 2.43. The number of hydrogen-bond acceptors (Lipinski definition) is 4. The van der Waals surface area contributed by atoms with Gasteiger partial charge in [-0.25, -0.2) is 0 Å². The lowest BCUT2D eigenvalue weighted by Crippen LogP contribution is -2.12. The zero-order valence-electron chi connectivity index (χ0n) is 10.5. The first-order chi connectivity index (χ1) is 8.56. The third-order valence-electron chi connectivity index (χ3n) is 2.88. The minimum atomic E-state index is -0.0514. The predicted molar refractivity (Wildman–Crippen MR) is 69.7 cm³/mol. The largest absolute Gasteiger partial charge is 0.454 e. The average Bonchev–Trinajstić information content (AvgIpc) is 2.74. The molecule has 18 heavy (non-hydrogen) atoms. The van der Waals surface area contributed by atoms with Crippen molar-refractivity contribution < 1.29 is 14.3 Å². The number of nitrogens with two attached hydrogens (primary N) is 1. The van der Waals surface area contributed by atoms with E-state index in [0.29, 0.717) is 28.6 Å². The standard InChI is InChI=1S/C13H16ClNO3/c1-7(2)11-12(9(16)3-4-15)8(14)5-10-13(11)18-6-17-10/h5,7H,3-4,6,15H2,1-2H3. The normalized spacial score (nSPS) is 13.2. The van der Waals surface area contributed by atoms with Crippen LogP contribution >= 0.6 is 11.6 Å². The third-order valence-corrected chi connectivity index (χ3v) is 3.18. The van der Waals surface area contributed by atoms with Crippen LogP contribution in [0.15, 0.2) is 6.07 Å². The van der Waals surface area contributed by atoms with E-state index in [4.69, 9.17) is 26.8 Å². The lowest BCUT2D eigenvalue weighted by Gasteiger charge is -2.16. The molecule has 1 aliphatic heterocycles. The Morgan fingerprint density at radius 1 is 1.50 bits per heavy atom. The van der Waals surface area contributed by atoms with Gasteiger partial charge in [0.15, 0.2) is 17.3 Å². The lowest BCUT2D eigenvalue weighted by atomic mass is 9.92. The van der Waals surface area contributed by atoms with E-state index in [1.807, 2.05) is 13.8 Å². The highest BCUT2D eigenvalue weighted by Crippen LogP contribution is 2.44. The summed E-state index contributed by atoms with van der Waals surface area (Å²) in [4.78, 5) is 12.1. The van der Waals surface area contributed by atoms with Gasteiger partial charge in [0.05, 0.1) is 5.02 Å². The van der Waals surface area contributed by atoms with Crippen LogP contribution in [0.25, 0.3) is 0 Å². The highest BCUT2D eigenvalue weighted by Gasteiger charge is 2.28. The Labute approximate surface area is 111 Å². The first-order valence-electron chi connectivity index (χ1n) is 5.91. The maximum Gasteiger partial charge on any atom is 0.231 e. The minimum Gasteiger partial charge on any atom is -0.454 e. The second-order valence-electron chi connectivity index (χ2n) is 4.50. The first kappa shape index (κ1) is 13.2. The monoisotopic (exact) mass is 269 g/mol. The molecule has 0 saturated heterocycles. The van der Waals surface area contributed by atoms with Crippen molar-refractivity contribution in [1.82, 2.24) is 0 Å². The number of fused-ring (bicyclic) bond motifs is 1. The molecule has 0 atom stereocenters. The number of Topliss-reactive ketones (excluding diaryl/α,β-unsaturated/α-hetero) is 1.